The van der Waals surface area contributed by atoms with E-state index in [4.69, 9.17) is 0 Å². The molecule has 1 aliphatic heterocycles. The first kappa shape index (κ1) is 33.2. The molecule has 0 bridgehead atoms. The Bertz CT molecular complexity index is 789. The van der Waals surface area contributed by atoms with Gasteiger partial charge in [-0.3, -0.25) is 0 Å². The lowest BCUT2D eigenvalue weighted by molar-refractivity contribution is -0.0202. The standard InChI is InChI=1S/C30H51N.C5H10.C2H6/c1-8-23-14-16-29(6)24(19-23)18-22(5)31-28-26-13-12-25(21(4)11-9-10-20(2)3)30(26,7)17-15-27(28)29;1-4-5(2)3;1-2/h18,20-21,23,25-28,31H,5,8-17,19H2,1-4,6-7H3;2,4H2,1,3H3;1-2H3/t21?,23?,25?,26-,27-,28?,29?,30?;;/m0../s1. The van der Waals surface area contributed by atoms with E-state index in [1.54, 1.807) is 5.57 Å². The fraction of sp³-hybridized carbons (Fsp3) is 0.838. The molecule has 1 nitrogen and oxygen atoms in total. The first-order valence-corrected chi connectivity index (χ1v) is 16.8. The number of fused-ring (bicyclic) bond motifs is 5. The number of nitrogens with one attached hydrogen (secondary N) is 1. The van der Waals surface area contributed by atoms with Crippen molar-refractivity contribution in [1.82, 2.24) is 5.32 Å². The average Bonchev–Trinajstić information content (AvgIpc) is 3.19. The van der Waals surface area contributed by atoms with Gasteiger partial charge in [0.1, 0.15) is 0 Å². The Hall–Kier alpha value is -0.980. The highest BCUT2D eigenvalue weighted by atomic mass is 15.0. The maximum Gasteiger partial charge on any atom is 0.0331 e. The lowest BCUT2D eigenvalue weighted by Gasteiger charge is -2.55. The molecule has 8 atom stereocenters. The zero-order valence-corrected chi connectivity index (χ0v) is 27.5. The highest BCUT2D eigenvalue weighted by Gasteiger charge is 2.59. The van der Waals surface area contributed by atoms with Crippen molar-refractivity contribution < 1.29 is 0 Å². The SMILES string of the molecule is C=C(C)CC.C=C1C=C2CC(CC)CCC2(C)[C@H]2CCC3(C)C(C(C)CCCC(C)C)CC[C@H]3C2N1.CC. The minimum Gasteiger partial charge on any atom is -0.382 e. The van der Waals surface area contributed by atoms with E-state index in [0.29, 0.717) is 16.9 Å². The molecule has 0 aromatic carbocycles. The lowest BCUT2D eigenvalue weighted by Crippen LogP contribution is -2.55. The third kappa shape index (κ3) is 7.40. The molecule has 0 saturated heterocycles. The lowest BCUT2D eigenvalue weighted by atomic mass is 9.51. The Morgan fingerprint density at radius 1 is 1.00 bits per heavy atom. The molecule has 4 rings (SSSR count). The van der Waals surface area contributed by atoms with Crippen molar-refractivity contribution in [3.63, 3.8) is 0 Å². The van der Waals surface area contributed by atoms with Crippen molar-refractivity contribution in [3.05, 3.63) is 36.1 Å². The summed E-state index contributed by atoms with van der Waals surface area (Å²) in [5.41, 5.74) is 5.11. The van der Waals surface area contributed by atoms with Crippen molar-refractivity contribution in [2.75, 3.05) is 0 Å². The van der Waals surface area contributed by atoms with Gasteiger partial charge in [-0.05, 0) is 111 Å². The van der Waals surface area contributed by atoms with Crippen LogP contribution in [0.1, 0.15) is 146 Å². The molecule has 3 fully saturated rings. The van der Waals surface area contributed by atoms with Gasteiger partial charge in [0, 0.05) is 11.7 Å². The quantitative estimate of drug-likeness (QED) is 0.326. The van der Waals surface area contributed by atoms with Crippen LogP contribution in [0.25, 0.3) is 0 Å². The van der Waals surface area contributed by atoms with Crippen molar-refractivity contribution in [2.24, 2.45) is 46.3 Å². The zero-order valence-electron chi connectivity index (χ0n) is 27.5. The fourth-order valence-corrected chi connectivity index (χ4v) is 8.85. The van der Waals surface area contributed by atoms with Crippen LogP contribution in [0, 0.1) is 46.3 Å². The summed E-state index contributed by atoms with van der Waals surface area (Å²) in [6.45, 7) is 31.3. The molecule has 1 heterocycles. The molecule has 1 N–H and O–H groups in total. The molecule has 0 spiro atoms. The van der Waals surface area contributed by atoms with E-state index in [9.17, 15) is 0 Å². The molecule has 38 heavy (non-hydrogen) atoms. The molecule has 0 aromatic heterocycles. The Morgan fingerprint density at radius 3 is 2.24 bits per heavy atom. The minimum absolute atomic E-state index is 0.394. The summed E-state index contributed by atoms with van der Waals surface area (Å²) in [7, 11) is 0. The molecule has 6 unspecified atom stereocenters. The second-order valence-electron chi connectivity index (χ2n) is 14.4. The van der Waals surface area contributed by atoms with Gasteiger partial charge in [0.05, 0.1) is 0 Å². The van der Waals surface area contributed by atoms with Crippen LogP contribution in [-0.2, 0) is 0 Å². The Balaban J connectivity index is 0.000000651. The smallest absolute Gasteiger partial charge is 0.0331 e. The number of rotatable bonds is 7. The van der Waals surface area contributed by atoms with E-state index in [2.05, 4.69) is 73.0 Å². The van der Waals surface area contributed by atoms with Gasteiger partial charge in [0.25, 0.3) is 0 Å². The van der Waals surface area contributed by atoms with Gasteiger partial charge in [-0.2, -0.15) is 0 Å². The molecule has 1 heteroatoms. The fourth-order valence-electron chi connectivity index (χ4n) is 8.85. The van der Waals surface area contributed by atoms with Crippen molar-refractivity contribution in [2.45, 2.75) is 152 Å². The second-order valence-corrected chi connectivity index (χ2v) is 14.4. The number of hydrogen-bond donors (Lipinski definition) is 1. The van der Waals surface area contributed by atoms with Gasteiger partial charge in [-0.15, -0.1) is 6.58 Å². The molecule has 3 aliphatic carbocycles. The summed E-state index contributed by atoms with van der Waals surface area (Å²) in [4.78, 5) is 0. The predicted octanol–water partition coefficient (Wildman–Crippen LogP) is 11.5. The molecule has 0 radical (unpaired) electrons. The first-order valence-electron chi connectivity index (χ1n) is 16.8. The number of hydrogen-bond acceptors (Lipinski definition) is 1. The van der Waals surface area contributed by atoms with Crippen LogP contribution in [0.3, 0.4) is 0 Å². The molecule has 3 saturated carbocycles. The van der Waals surface area contributed by atoms with Crippen molar-refractivity contribution in [1.29, 1.82) is 0 Å². The van der Waals surface area contributed by atoms with Crippen LogP contribution in [0.5, 0.6) is 0 Å². The Kier molecular flexibility index (Phi) is 12.8. The average molecular weight is 526 g/mol. The first-order chi connectivity index (χ1) is 18.0. The van der Waals surface area contributed by atoms with Gasteiger partial charge < -0.3 is 5.32 Å². The predicted molar refractivity (Wildman–Crippen MR) is 171 cm³/mol. The summed E-state index contributed by atoms with van der Waals surface area (Å²) in [6.07, 6.45) is 19.1. The third-order valence-corrected chi connectivity index (χ3v) is 11.5. The zero-order chi connectivity index (χ0) is 28.7. The van der Waals surface area contributed by atoms with Crippen molar-refractivity contribution >= 4 is 0 Å². The normalized spacial score (nSPS) is 36.6. The van der Waals surface area contributed by atoms with Gasteiger partial charge in [-0.25, -0.2) is 0 Å². The van der Waals surface area contributed by atoms with E-state index in [1.165, 1.54) is 81.9 Å². The molecule has 0 aromatic rings. The highest BCUT2D eigenvalue weighted by Crippen LogP contribution is 2.64. The summed E-state index contributed by atoms with van der Waals surface area (Å²) >= 11 is 0. The van der Waals surface area contributed by atoms with Crippen LogP contribution in [0.2, 0.25) is 0 Å². The van der Waals surface area contributed by atoms with Gasteiger partial charge in [-0.1, -0.05) is 106 Å². The van der Waals surface area contributed by atoms with E-state index in [1.807, 2.05) is 20.8 Å². The Labute approximate surface area is 239 Å². The monoisotopic (exact) mass is 526 g/mol. The number of allylic oxidation sites excluding steroid dienone is 3. The van der Waals surface area contributed by atoms with E-state index in [0.717, 1.165) is 41.9 Å². The molecular weight excluding hydrogens is 458 g/mol. The van der Waals surface area contributed by atoms with Crippen LogP contribution in [0.15, 0.2) is 36.1 Å². The maximum atomic E-state index is 4.50. The van der Waals surface area contributed by atoms with Crippen LogP contribution < -0.4 is 5.32 Å². The largest absolute Gasteiger partial charge is 0.382 e. The van der Waals surface area contributed by atoms with E-state index >= 15 is 0 Å². The second kappa shape index (κ2) is 14.6. The molecule has 220 valence electrons. The summed E-state index contributed by atoms with van der Waals surface area (Å²) < 4.78 is 0. The summed E-state index contributed by atoms with van der Waals surface area (Å²) in [5, 5.41) is 4.04. The molecule has 0 amide bonds. The topological polar surface area (TPSA) is 12.0 Å². The Morgan fingerprint density at radius 2 is 1.66 bits per heavy atom. The third-order valence-electron chi connectivity index (χ3n) is 11.5. The van der Waals surface area contributed by atoms with E-state index in [-0.39, 0.29) is 0 Å². The van der Waals surface area contributed by atoms with Crippen LogP contribution in [-0.4, -0.2) is 6.04 Å². The summed E-state index contributed by atoms with van der Waals surface area (Å²) in [6, 6.07) is 0.635. The van der Waals surface area contributed by atoms with Crippen LogP contribution >= 0.6 is 0 Å². The van der Waals surface area contributed by atoms with Crippen LogP contribution in [0.4, 0.5) is 0 Å². The molecular formula is C37H67N. The van der Waals surface area contributed by atoms with Gasteiger partial charge in [0.2, 0.25) is 0 Å². The minimum atomic E-state index is 0.394. The highest BCUT2D eigenvalue weighted by molar-refractivity contribution is 5.32. The maximum absolute atomic E-state index is 4.50. The molecule has 4 aliphatic rings. The van der Waals surface area contributed by atoms with Crippen molar-refractivity contribution in [3.8, 4) is 0 Å². The summed E-state index contributed by atoms with van der Waals surface area (Å²) in [5.74, 6) is 5.16. The van der Waals surface area contributed by atoms with Gasteiger partial charge in [0.15, 0.2) is 0 Å². The van der Waals surface area contributed by atoms with Gasteiger partial charge >= 0.3 is 0 Å². The van der Waals surface area contributed by atoms with E-state index < -0.39 is 0 Å².